The number of benzene rings is 4. The lowest BCUT2D eigenvalue weighted by molar-refractivity contribution is -0.0927. The number of rotatable bonds is 19. The molecule has 5 aromatic rings. The van der Waals surface area contributed by atoms with Crippen LogP contribution in [0.5, 0.6) is 11.5 Å². The maximum Gasteiger partial charge on any atom is 0.330 e. The van der Waals surface area contributed by atoms with Crippen molar-refractivity contribution in [2.24, 2.45) is 0 Å². The lowest BCUT2D eigenvalue weighted by Gasteiger charge is -2.40. The van der Waals surface area contributed by atoms with Gasteiger partial charge < -0.3 is 33.3 Å². The highest BCUT2D eigenvalue weighted by atomic mass is 31.2. The van der Waals surface area contributed by atoms with Gasteiger partial charge in [-0.1, -0.05) is 72.8 Å². The van der Waals surface area contributed by atoms with E-state index in [9.17, 15) is 14.4 Å². The standard InChI is InChI=1S/C48H59N4O9P/c1-32(2)52(33(3)4)62(59-31-47(6,7)50-45(54)35-16-12-10-13-17-35)61-41-28-43(51-29-34(5)44(53)49-46(51)55)60-42(41)30-58-48(36-18-14-11-15-19-36,37-20-24-39(56-8)25-21-37)38-22-26-40(57-9)27-23-38/h10-27,29,32-33,41-43H,28,30-31H2,1-9H3,(H,50,54)(H,49,53,55)/t41-,42+,43+,62?/m0/s1. The second-order valence-corrected chi connectivity index (χ2v) is 18.0. The molecule has 0 radical (unpaired) electrons. The highest BCUT2D eigenvalue weighted by Gasteiger charge is 2.45. The minimum atomic E-state index is -1.80. The average molecular weight is 867 g/mol. The van der Waals surface area contributed by atoms with Crippen molar-refractivity contribution in [1.82, 2.24) is 19.5 Å². The van der Waals surface area contributed by atoms with E-state index in [4.69, 9.17) is 28.0 Å². The summed E-state index contributed by atoms with van der Waals surface area (Å²) >= 11 is 0. The van der Waals surface area contributed by atoms with Gasteiger partial charge in [0.25, 0.3) is 20.0 Å². The Morgan fingerprint density at radius 2 is 1.37 bits per heavy atom. The number of carbonyl (C=O) groups is 1. The lowest BCUT2D eigenvalue weighted by Crippen LogP contribution is -2.47. The van der Waals surface area contributed by atoms with Gasteiger partial charge >= 0.3 is 5.69 Å². The van der Waals surface area contributed by atoms with Gasteiger partial charge in [-0.25, -0.2) is 9.46 Å². The fraction of sp³-hybridized carbons (Fsp3) is 0.396. The molecule has 6 rings (SSSR count). The molecule has 1 aliphatic heterocycles. The number of aryl methyl sites for hydroxylation is 1. The van der Waals surface area contributed by atoms with E-state index in [1.807, 2.05) is 111 Å². The van der Waals surface area contributed by atoms with Crippen molar-refractivity contribution in [3.8, 4) is 11.5 Å². The van der Waals surface area contributed by atoms with Gasteiger partial charge in [-0.15, -0.1) is 0 Å². The molecule has 14 heteroatoms. The SMILES string of the molecule is COc1ccc(C(OC[C@H]2O[C@@H](n3cc(C)c(=O)[nH]c3=O)C[C@@H]2OP(OCC(C)(C)NC(=O)c2ccccc2)N(C(C)C)C(C)C)(c2ccccc2)c2ccc(OC)cc2)cc1. The highest BCUT2D eigenvalue weighted by Crippen LogP contribution is 2.51. The van der Waals surface area contributed by atoms with Crippen LogP contribution in [0.2, 0.25) is 0 Å². The number of nitrogens with one attached hydrogen (secondary N) is 2. The Bertz CT molecular complexity index is 2280. The number of aromatic amines is 1. The van der Waals surface area contributed by atoms with Crippen LogP contribution in [0.15, 0.2) is 125 Å². The molecule has 13 nitrogen and oxygen atoms in total. The number of aromatic nitrogens is 2. The molecule has 0 aliphatic carbocycles. The van der Waals surface area contributed by atoms with Crippen molar-refractivity contribution in [3.63, 3.8) is 0 Å². The Labute approximate surface area is 365 Å². The van der Waals surface area contributed by atoms with Gasteiger partial charge in [0.05, 0.1) is 39.1 Å². The average Bonchev–Trinajstić information content (AvgIpc) is 3.66. The molecular formula is C48H59N4O9P. The summed E-state index contributed by atoms with van der Waals surface area (Å²) in [5, 5.41) is 3.12. The third-order valence-corrected chi connectivity index (χ3v) is 12.9. The van der Waals surface area contributed by atoms with Crippen molar-refractivity contribution in [1.29, 1.82) is 0 Å². The zero-order valence-electron chi connectivity index (χ0n) is 37.0. The Kier molecular flexibility index (Phi) is 15.2. The summed E-state index contributed by atoms with van der Waals surface area (Å²) in [4.78, 5) is 41.5. The van der Waals surface area contributed by atoms with Crippen LogP contribution in [0, 0.1) is 6.92 Å². The van der Waals surface area contributed by atoms with Crippen molar-refractivity contribution in [2.45, 2.75) is 96.5 Å². The van der Waals surface area contributed by atoms with Crippen molar-refractivity contribution < 1.29 is 32.8 Å². The summed E-state index contributed by atoms with van der Waals surface area (Å²) in [7, 11) is 1.46. The third-order valence-electron chi connectivity index (χ3n) is 10.8. The van der Waals surface area contributed by atoms with E-state index < -0.39 is 49.4 Å². The summed E-state index contributed by atoms with van der Waals surface area (Å²) in [5.41, 5.74) is 0.450. The maximum atomic E-state index is 13.4. The molecule has 4 aromatic carbocycles. The van der Waals surface area contributed by atoms with Crippen LogP contribution in [-0.2, 0) is 24.1 Å². The first kappa shape index (κ1) is 46.4. The number of nitrogens with zero attached hydrogens (tertiary/aromatic N) is 2. The van der Waals surface area contributed by atoms with E-state index in [0.717, 1.165) is 16.7 Å². The molecule has 1 aliphatic rings. The number of hydrogen-bond donors (Lipinski definition) is 2. The molecule has 0 spiro atoms. The number of hydrogen-bond acceptors (Lipinski definition) is 10. The topological polar surface area (TPSA) is 143 Å². The molecule has 1 aromatic heterocycles. The molecule has 1 unspecified atom stereocenters. The second-order valence-electron chi connectivity index (χ2n) is 16.6. The molecule has 2 heterocycles. The number of carbonyl (C=O) groups excluding carboxylic acids is 1. The Morgan fingerprint density at radius 3 is 1.90 bits per heavy atom. The van der Waals surface area contributed by atoms with E-state index in [0.29, 0.717) is 22.6 Å². The second kappa shape index (κ2) is 20.4. The van der Waals surface area contributed by atoms with E-state index in [-0.39, 0.29) is 37.6 Å². The maximum absolute atomic E-state index is 13.4. The third kappa shape index (κ3) is 10.7. The van der Waals surface area contributed by atoms with Crippen molar-refractivity contribution >= 4 is 14.4 Å². The van der Waals surface area contributed by atoms with Gasteiger partial charge in [-0.05, 0) is 102 Å². The Hall–Kier alpha value is -5.14. The number of methoxy groups -OCH3 is 2. The first-order valence-corrected chi connectivity index (χ1v) is 22.0. The molecule has 2 N–H and O–H groups in total. The number of H-pyrrole nitrogens is 1. The lowest BCUT2D eigenvalue weighted by atomic mass is 9.80. The highest BCUT2D eigenvalue weighted by molar-refractivity contribution is 7.44. The molecule has 1 saturated heterocycles. The van der Waals surface area contributed by atoms with Gasteiger partial charge in [0.2, 0.25) is 0 Å². The fourth-order valence-corrected chi connectivity index (χ4v) is 9.62. The zero-order valence-corrected chi connectivity index (χ0v) is 37.9. The first-order chi connectivity index (χ1) is 29.6. The predicted octanol–water partition coefficient (Wildman–Crippen LogP) is 8.11. The number of ether oxygens (including phenoxy) is 4. The predicted molar refractivity (Wildman–Crippen MR) is 241 cm³/mol. The van der Waals surface area contributed by atoms with Gasteiger partial charge in [0, 0.05) is 35.8 Å². The largest absolute Gasteiger partial charge is 0.497 e. The van der Waals surface area contributed by atoms with Crippen LogP contribution in [0.25, 0.3) is 0 Å². The van der Waals surface area contributed by atoms with Gasteiger partial charge in [0.15, 0.2) is 0 Å². The van der Waals surface area contributed by atoms with Gasteiger partial charge in [0.1, 0.15) is 29.4 Å². The molecule has 0 saturated carbocycles. The minimum absolute atomic E-state index is 0.0103. The van der Waals surface area contributed by atoms with Crippen LogP contribution in [0.3, 0.4) is 0 Å². The van der Waals surface area contributed by atoms with Gasteiger partial charge in [-0.2, -0.15) is 0 Å². The molecule has 1 fully saturated rings. The molecular weight excluding hydrogens is 808 g/mol. The van der Waals surface area contributed by atoms with E-state index in [1.165, 1.54) is 10.8 Å². The quantitative estimate of drug-likeness (QED) is 0.0618. The van der Waals surface area contributed by atoms with Crippen LogP contribution < -0.4 is 26.0 Å². The summed E-state index contributed by atoms with van der Waals surface area (Å²) < 4.78 is 42.6. The Morgan fingerprint density at radius 1 is 0.839 bits per heavy atom. The number of amides is 1. The molecule has 1 amide bonds. The summed E-state index contributed by atoms with van der Waals surface area (Å²) in [6, 6.07) is 34.6. The summed E-state index contributed by atoms with van der Waals surface area (Å²) in [5.74, 6) is 1.17. The normalized spacial score (nSPS) is 17.4. The summed E-state index contributed by atoms with van der Waals surface area (Å²) in [6.45, 7) is 13.9. The molecule has 4 atom stereocenters. The smallest absolute Gasteiger partial charge is 0.330 e. The molecule has 330 valence electrons. The zero-order chi connectivity index (χ0) is 44.6. The van der Waals surface area contributed by atoms with Crippen LogP contribution in [0.4, 0.5) is 0 Å². The van der Waals surface area contributed by atoms with Crippen LogP contribution >= 0.6 is 8.53 Å². The van der Waals surface area contributed by atoms with Crippen LogP contribution in [-0.4, -0.2) is 77.4 Å². The van der Waals surface area contributed by atoms with E-state index >= 15 is 0 Å². The summed E-state index contributed by atoms with van der Waals surface area (Å²) in [6.07, 6.45) is -0.453. The van der Waals surface area contributed by atoms with Crippen molar-refractivity contribution in [3.05, 3.63) is 164 Å². The minimum Gasteiger partial charge on any atom is -0.497 e. The van der Waals surface area contributed by atoms with E-state index in [1.54, 1.807) is 33.3 Å². The van der Waals surface area contributed by atoms with Crippen LogP contribution in [0.1, 0.15) is 86.8 Å². The van der Waals surface area contributed by atoms with Crippen molar-refractivity contribution in [2.75, 3.05) is 27.4 Å². The monoisotopic (exact) mass is 866 g/mol. The molecule has 62 heavy (non-hydrogen) atoms. The molecule has 0 bridgehead atoms. The van der Waals surface area contributed by atoms with Gasteiger partial charge in [-0.3, -0.25) is 19.1 Å². The first-order valence-electron chi connectivity index (χ1n) is 20.9. The fourth-order valence-electron chi connectivity index (χ4n) is 7.68. The Balaban J connectivity index is 1.39. The van der Waals surface area contributed by atoms with E-state index in [2.05, 4.69) is 42.7 Å².